The molecule has 0 aromatic rings. The summed E-state index contributed by atoms with van der Waals surface area (Å²) in [6.07, 6.45) is 77.2. The summed E-state index contributed by atoms with van der Waals surface area (Å²) in [5.41, 5.74) is 0. The Kier molecular flexibility index (Phi) is 64.4. The summed E-state index contributed by atoms with van der Waals surface area (Å²) in [6.45, 7) is 4.25. The number of phosphoric ester groups is 2. The van der Waals surface area contributed by atoms with Crippen molar-refractivity contribution >= 4 is 39.5 Å². The Labute approximate surface area is 579 Å². The Morgan fingerprint density at radius 3 is 0.958 bits per heavy atom. The minimum atomic E-state index is -5.00. The fourth-order valence-electron chi connectivity index (χ4n) is 8.63. The van der Waals surface area contributed by atoms with Crippen LogP contribution in [0.5, 0.6) is 0 Å². The molecule has 3 N–H and O–H groups in total. The Balaban J connectivity index is 5.47. The first-order valence-electron chi connectivity index (χ1n) is 35.7. The summed E-state index contributed by atoms with van der Waals surface area (Å²) in [5, 5.41) is 10.6. The summed E-state index contributed by atoms with van der Waals surface area (Å²) in [6, 6.07) is 0. The van der Waals surface area contributed by atoms with Crippen LogP contribution in [0.25, 0.3) is 0 Å². The van der Waals surface area contributed by atoms with Crippen LogP contribution in [-0.4, -0.2) is 96.7 Å². The molecule has 0 bridgehead atoms. The van der Waals surface area contributed by atoms with Gasteiger partial charge in [0.1, 0.15) is 19.3 Å². The number of unbranched alkanes of at least 4 members (excludes halogenated alkanes) is 14. The maximum Gasteiger partial charge on any atom is 0.472 e. The highest BCUT2D eigenvalue weighted by Gasteiger charge is 2.30. The number of phosphoric acid groups is 2. The summed E-state index contributed by atoms with van der Waals surface area (Å²) >= 11 is 0. The van der Waals surface area contributed by atoms with Crippen LogP contribution in [0.4, 0.5) is 0 Å². The van der Waals surface area contributed by atoms with Gasteiger partial charge in [0.15, 0.2) is 12.2 Å². The van der Waals surface area contributed by atoms with Gasteiger partial charge in [0.05, 0.1) is 32.8 Å². The average molecular weight is 1380 g/mol. The quantitative estimate of drug-likeness (QED) is 0.0169. The summed E-state index contributed by atoms with van der Waals surface area (Å²) in [5.74, 6) is -2.42. The van der Waals surface area contributed by atoms with Crippen LogP contribution in [0, 0.1) is 0 Å². The SMILES string of the molecule is CC/C=C\C/C=C\C/C=C\C/C=C\C/C=C\CC(=O)OCC(COP(=O)(O)OCC(O)COP(=O)(O)OCC(COC(=O)CCCC/C=C\C/C=C\C/C=C\C/C=C\CC)OC(=O)CCCCCCC/C=C\C/C=C\C/C=C\CC)OC(=O)CCCCCCC/C=C\CCCC. The van der Waals surface area contributed by atoms with E-state index in [4.69, 9.17) is 37.0 Å². The molecular weight excluding hydrogens is 1260 g/mol. The Morgan fingerprint density at radius 1 is 0.312 bits per heavy atom. The van der Waals surface area contributed by atoms with Crippen molar-refractivity contribution < 1.29 is 80.2 Å². The highest BCUT2D eigenvalue weighted by Crippen LogP contribution is 2.45. The van der Waals surface area contributed by atoms with E-state index < -0.39 is 97.5 Å². The molecule has 17 nitrogen and oxygen atoms in total. The van der Waals surface area contributed by atoms with Crippen LogP contribution < -0.4 is 0 Å². The predicted molar refractivity (Wildman–Crippen MR) is 390 cm³/mol. The topological polar surface area (TPSA) is 237 Å². The standard InChI is InChI=1S/C77H124O17P2/c1-5-9-13-17-21-25-29-32-35-38-42-45-49-53-57-61-74(79)87-67-72(93-76(81)63-59-55-51-47-41-28-24-20-16-12-8-4)69-91-95(83,84)89-65-71(78)66-90-96(85,86)92-70-73(94-77(82)64-60-56-52-48-44-40-37-34-31-27-23-19-15-11-7-3)68-88-75(80)62-58-54-50-46-43-39-36-33-30-26-22-18-14-10-6-2/h9-11,13-15,20-27,32-37,42-43,45-46,53,57,71-73,78H,5-8,12,16-19,28-31,38-41,44,47-52,54-56,58-70H2,1-4H3,(H,83,84)(H,85,86)/b13-9-,14-10-,15-11-,24-20-,25-21-,26-22-,27-23-,35-32-,36-33-,37-34-,45-42-,46-43-,57-53-. The van der Waals surface area contributed by atoms with Gasteiger partial charge in [-0.05, 0) is 141 Å². The molecule has 5 atom stereocenters. The zero-order valence-electron chi connectivity index (χ0n) is 59.0. The van der Waals surface area contributed by atoms with Gasteiger partial charge in [0.2, 0.25) is 0 Å². The summed E-state index contributed by atoms with van der Waals surface area (Å²) in [4.78, 5) is 72.6. The van der Waals surface area contributed by atoms with Crippen molar-refractivity contribution in [1.82, 2.24) is 0 Å². The van der Waals surface area contributed by atoms with Crippen molar-refractivity contribution in [3.63, 3.8) is 0 Å². The normalized spacial score (nSPS) is 14.9. The molecule has 0 amide bonds. The van der Waals surface area contributed by atoms with Gasteiger partial charge in [-0.3, -0.25) is 37.3 Å². The highest BCUT2D eigenvalue weighted by atomic mass is 31.2. The minimum Gasteiger partial charge on any atom is -0.462 e. The second-order valence-electron chi connectivity index (χ2n) is 23.0. The first-order chi connectivity index (χ1) is 46.7. The van der Waals surface area contributed by atoms with E-state index >= 15 is 0 Å². The van der Waals surface area contributed by atoms with E-state index in [2.05, 4.69) is 161 Å². The van der Waals surface area contributed by atoms with Gasteiger partial charge in [0, 0.05) is 19.3 Å². The molecule has 0 aromatic heterocycles. The van der Waals surface area contributed by atoms with Gasteiger partial charge < -0.3 is 33.8 Å². The zero-order valence-corrected chi connectivity index (χ0v) is 60.8. The Bertz CT molecular complexity index is 2450. The van der Waals surface area contributed by atoms with E-state index in [1.807, 2.05) is 18.2 Å². The lowest BCUT2D eigenvalue weighted by atomic mass is 10.1. The van der Waals surface area contributed by atoms with E-state index in [-0.39, 0.29) is 25.7 Å². The third-order valence-corrected chi connectivity index (χ3v) is 15.9. The van der Waals surface area contributed by atoms with Crippen LogP contribution in [0.2, 0.25) is 0 Å². The van der Waals surface area contributed by atoms with Crippen molar-refractivity contribution in [3.8, 4) is 0 Å². The molecular formula is C77H124O17P2. The molecule has 0 saturated carbocycles. The molecule has 0 aliphatic heterocycles. The molecule has 19 heteroatoms. The smallest absolute Gasteiger partial charge is 0.462 e. The van der Waals surface area contributed by atoms with Gasteiger partial charge >= 0.3 is 39.5 Å². The van der Waals surface area contributed by atoms with Crippen LogP contribution in [-0.2, 0) is 65.4 Å². The summed E-state index contributed by atoms with van der Waals surface area (Å²) in [7, 11) is -10.00. The molecule has 0 aliphatic rings. The third kappa shape index (κ3) is 67.3. The van der Waals surface area contributed by atoms with Crippen LogP contribution in [0.15, 0.2) is 158 Å². The lowest BCUT2D eigenvalue weighted by Gasteiger charge is -2.21. The number of esters is 4. The second-order valence-corrected chi connectivity index (χ2v) is 26.0. The Hall–Kier alpha value is -5.32. The van der Waals surface area contributed by atoms with Gasteiger partial charge in [-0.15, -0.1) is 0 Å². The molecule has 0 aliphatic carbocycles. The number of rotatable bonds is 65. The highest BCUT2D eigenvalue weighted by molar-refractivity contribution is 7.47. The predicted octanol–water partition coefficient (Wildman–Crippen LogP) is 20.1. The lowest BCUT2D eigenvalue weighted by molar-refractivity contribution is -0.161. The first kappa shape index (κ1) is 90.7. The number of allylic oxidation sites excluding steroid dienone is 25. The molecule has 0 heterocycles. The zero-order chi connectivity index (χ0) is 70.4. The molecule has 0 rings (SSSR count). The maximum absolute atomic E-state index is 13.0. The fraction of sp³-hybridized carbons (Fsp3) is 0.610. The molecule has 5 unspecified atom stereocenters. The number of aliphatic hydroxyl groups is 1. The van der Waals surface area contributed by atoms with Crippen molar-refractivity contribution in [2.45, 2.75) is 264 Å². The van der Waals surface area contributed by atoms with Crippen LogP contribution in [0.1, 0.15) is 246 Å². The monoisotopic (exact) mass is 1380 g/mol. The van der Waals surface area contributed by atoms with Crippen molar-refractivity contribution in [3.05, 3.63) is 158 Å². The number of ether oxygens (including phenoxy) is 4. The van der Waals surface area contributed by atoms with Crippen LogP contribution in [0.3, 0.4) is 0 Å². The largest absolute Gasteiger partial charge is 0.472 e. The molecule has 0 spiro atoms. The number of carbonyl (C=O) groups is 4. The molecule has 0 radical (unpaired) electrons. The summed E-state index contributed by atoms with van der Waals surface area (Å²) < 4.78 is 68.1. The van der Waals surface area contributed by atoms with E-state index in [1.165, 1.54) is 6.42 Å². The average Bonchev–Trinajstić information content (AvgIpc) is 1.11. The van der Waals surface area contributed by atoms with E-state index in [9.17, 15) is 43.2 Å². The molecule has 544 valence electrons. The molecule has 96 heavy (non-hydrogen) atoms. The molecule has 0 aromatic carbocycles. The van der Waals surface area contributed by atoms with Crippen LogP contribution >= 0.6 is 15.6 Å². The van der Waals surface area contributed by atoms with Crippen molar-refractivity contribution in [2.75, 3.05) is 39.6 Å². The van der Waals surface area contributed by atoms with Crippen molar-refractivity contribution in [1.29, 1.82) is 0 Å². The van der Waals surface area contributed by atoms with E-state index in [0.717, 1.165) is 161 Å². The second kappa shape index (κ2) is 68.2. The number of hydrogen-bond acceptors (Lipinski definition) is 15. The van der Waals surface area contributed by atoms with E-state index in [0.29, 0.717) is 25.7 Å². The number of carbonyl (C=O) groups excluding carboxylic acids is 4. The number of hydrogen-bond donors (Lipinski definition) is 3. The van der Waals surface area contributed by atoms with Crippen molar-refractivity contribution in [2.24, 2.45) is 0 Å². The molecule has 0 fully saturated rings. The fourth-order valence-corrected chi connectivity index (χ4v) is 10.2. The third-order valence-electron chi connectivity index (χ3n) is 14.0. The first-order valence-corrected chi connectivity index (χ1v) is 38.7. The van der Waals surface area contributed by atoms with E-state index in [1.54, 1.807) is 6.08 Å². The van der Waals surface area contributed by atoms with Gasteiger partial charge in [-0.2, -0.15) is 0 Å². The molecule has 0 saturated heterocycles. The van der Waals surface area contributed by atoms with Gasteiger partial charge in [-0.25, -0.2) is 9.13 Å². The minimum absolute atomic E-state index is 0.0586. The maximum atomic E-state index is 13.0. The van der Waals surface area contributed by atoms with Gasteiger partial charge in [-0.1, -0.05) is 237 Å². The lowest BCUT2D eigenvalue weighted by Crippen LogP contribution is -2.30. The van der Waals surface area contributed by atoms with Gasteiger partial charge in [0.25, 0.3) is 0 Å². The number of aliphatic hydroxyl groups excluding tert-OH is 1. The Morgan fingerprint density at radius 2 is 0.583 bits per heavy atom.